The van der Waals surface area contributed by atoms with Gasteiger partial charge >= 0.3 is 0 Å². The molecule has 0 aliphatic rings. The van der Waals surface area contributed by atoms with Gasteiger partial charge in [0.05, 0.1) is 11.1 Å². The third-order valence-corrected chi connectivity index (χ3v) is 11.2. The van der Waals surface area contributed by atoms with Crippen LogP contribution in [0.2, 0.25) is 0 Å². The van der Waals surface area contributed by atoms with Crippen LogP contribution in [0.3, 0.4) is 0 Å². The Bertz CT molecular complexity index is 3230. The highest BCUT2D eigenvalue weighted by atomic mass is 16.3. The van der Waals surface area contributed by atoms with Gasteiger partial charge in [0, 0.05) is 22.1 Å². The maximum atomic E-state index is 6.70. The summed E-state index contributed by atoms with van der Waals surface area (Å²) in [6, 6.07) is 76.4. The van der Waals surface area contributed by atoms with Gasteiger partial charge < -0.3 is 9.32 Å². The number of hydrogen-bond donors (Lipinski definition) is 0. The summed E-state index contributed by atoms with van der Waals surface area (Å²) in [6.45, 7) is 0. The van der Waals surface area contributed by atoms with E-state index in [0.29, 0.717) is 0 Å². The van der Waals surface area contributed by atoms with Gasteiger partial charge in [-0.1, -0.05) is 170 Å². The molecule has 11 rings (SSSR count). The van der Waals surface area contributed by atoms with E-state index in [0.717, 1.165) is 50.0 Å². The molecule has 2 heteroatoms. The van der Waals surface area contributed by atoms with Crippen LogP contribution in [0.5, 0.6) is 0 Å². The van der Waals surface area contributed by atoms with Crippen molar-refractivity contribution in [1.82, 2.24) is 0 Å². The average molecular weight is 714 g/mol. The molecule has 0 radical (unpaired) electrons. The van der Waals surface area contributed by atoms with Crippen LogP contribution in [-0.2, 0) is 0 Å². The van der Waals surface area contributed by atoms with E-state index in [1.165, 1.54) is 54.7 Å². The van der Waals surface area contributed by atoms with Crippen LogP contribution in [0.4, 0.5) is 17.1 Å². The van der Waals surface area contributed by atoms with Gasteiger partial charge in [0.2, 0.25) is 0 Å². The van der Waals surface area contributed by atoms with Gasteiger partial charge in [-0.2, -0.15) is 0 Å². The molecule has 0 saturated heterocycles. The molecule has 1 aromatic heterocycles. The van der Waals surface area contributed by atoms with E-state index in [2.05, 4.69) is 217 Å². The first kappa shape index (κ1) is 32.0. The Labute approximate surface area is 325 Å². The largest absolute Gasteiger partial charge is 0.455 e. The van der Waals surface area contributed by atoms with Crippen LogP contribution in [0.15, 0.2) is 217 Å². The molecule has 0 N–H and O–H groups in total. The van der Waals surface area contributed by atoms with Crippen molar-refractivity contribution in [3.63, 3.8) is 0 Å². The highest BCUT2D eigenvalue weighted by molar-refractivity contribution is 6.22. The third-order valence-electron chi connectivity index (χ3n) is 11.2. The van der Waals surface area contributed by atoms with E-state index in [1.54, 1.807) is 0 Å². The second-order valence-electron chi connectivity index (χ2n) is 14.4. The Balaban J connectivity index is 1.15. The van der Waals surface area contributed by atoms with E-state index in [-0.39, 0.29) is 0 Å². The third kappa shape index (κ3) is 5.19. The minimum absolute atomic E-state index is 0.866. The molecule has 2 nitrogen and oxygen atoms in total. The SMILES string of the molecule is c1ccc(-c2cccc(N(c3ccc(-c4c(-c5ccccc5)c5ccccc5c5ccccc45)cc3)c3cccc4oc5c6ccccc6ccc5c34)c2)cc1. The number of hydrogen-bond acceptors (Lipinski definition) is 2. The molecule has 0 amide bonds. The molecular weight excluding hydrogens is 679 g/mol. The number of furan rings is 1. The predicted octanol–water partition coefficient (Wildman–Crippen LogP) is 15.5. The van der Waals surface area contributed by atoms with Gasteiger partial charge in [0.25, 0.3) is 0 Å². The van der Waals surface area contributed by atoms with Crippen LogP contribution < -0.4 is 4.90 Å². The zero-order valence-corrected chi connectivity index (χ0v) is 30.6. The molecule has 0 aliphatic heterocycles. The molecule has 56 heavy (non-hydrogen) atoms. The molecule has 0 unspecified atom stereocenters. The molecule has 11 aromatic rings. The molecular formula is C54H35NO. The minimum atomic E-state index is 0.866. The monoisotopic (exact) mass is 713 g/mol. The standard InChI is InChI=1S/C54H35NO/c1-3-15-36(16-4-1)40-20-13-21-42(35-40)55(49-27-14-28-50-53(49)48-34-31-37-17-7-8-22-43(37)54(48)56-50)41-32-29-39(30-33-41)52-47-26-12-10-24-45(47)44-23-9-11-25-46(44)51(52)38-18-5-2-6-19-38/h1-35H. The van der Waals surface area contributed by atoms with Crippen molar-refractivity contribution in [2.75, 3.05) is 4.90 Å². The second-order valence-corrected chi connectivity index (χ2v) is 14.4. The fourth-order valence-electron chi connectivity index (χ4n) is 8.73. The number of fused-ring (bicyclic) bond motifs is 8. The molecule has 0 atom stereocenters. The Morgan fingerprint density at radius 2 is 0.875 bits per heavy atom. The summed E-state index contributed by atoms with van der Waals surface area (Å²) in [5.41, 5.74) is 12.2. The van der Waals surface area contributed by atoms with Gasteiger partial charge in [-0.25, -0.2) is 0 Å². The van der Waals surface area contributed by atoms with Crippen molar-refractivity contribution in [1.29, 1.82) is 0 Å². The fraction of sp³-hybridized carbons (Fsp3) is 0. The van der Waals surface area contributed by atoms with Crippen LogP contribution >= 0.6 is 0 Å². The molecule has 0 saturated carbocycles. The van der Waals surface area contributed by atoms with Crippen molar-refractivity contribution in [3.05, 3.63) is 212 Å². The molecule has 1 heterocycles. The Morgan fingerprint density at radius 1 is 0.321 bits per heavy atom. The Kier molecular flexibility index (Phi) is 7.53. The lowest BCUT2D eigenvalue weighted by Crippen LogP contribution is -2.10. The van der Waals surface area contributed by atoms with Crippen LogP contribution in [-0.4, -0.2) is 0 Å². The summed E-state index contributed by atoms with van der Waals surface area (Å²) in [4.78, 5) is 2.39. The summed E-state index contributed by atoms with van der Waals surface area (Å²) >= 11 is 0. The van der Waals surface area contributed by atoms with E-state index in [9.17, 15) is 0 Å². The van der Waals surface area contributed by atoms with Gasteiger partial charge in [0.1, 0.15) is 11.2 Å². The maximum absolute atomic E-state index is 6.70. The lowest BCUT2D eigenvalue weighted by atomic mass is 9.85. The molecule has 0 spiro atoms. The quantitative estimate of drug-likeness (QED) is 0.160. The van der Waals surface area contributed by atoms with Crippen LogP contribution in [0.1, 0.15) is 0 Å². The average Bonchev–Trinajstić information content (AvgIpc) is 3.67. The molecule has 262 valence electrons. The van der Waals surface area contributed by atoms with Crippen LogP contribution in [0, 0.1) is 0 Å². The maximum Gasteiger partial charge on any atom is 0.143 e. The van der Waals surface area contributed by atoms with Gasteiger partial charge in [-0.05, 0) is 103 Å². The normalized spacial score (nSPS) is 11.6. The highest BCUT2D eigenvalue weighted by Crippen LogP contribution is 2.47. The van der Waals surface area contributed by atoms with Crippen molar-refractivity contribution < 1.29 is 4.42 Å². The van der Waals surface area contributed by atoms with Gasteiger partial charge in [-0.3, -0.25) is 0 Å². The highest BCUT2D eigenvalue weighted by Gasteiger charge is 2.22. The van der Waals surface area contributed by atoms with Crippen molar-refractivity contribution in [3.8, 4) is 33.4 Å². The second kappa shape index (κ2) is 13.2. The van der Waals surface area contributed by atoms with E-state index in [1.807, 2.05) is 0 Å². The number of anilines is 3. The Morgan fingerprint density at radius 3 is 1.57 bits per heavy atom. The van der Waals surface area contributed by atoms with Crippen LogP contribution in [0.25, 0.3) is 87.6 Å². The molecule has 10 aromatic carbocycles. The van der Waals surface area contributed by atoms with E-state index in [4.69, 9.17) is 4.42 Å². The molecule has 0 bridgehead atoms. The summed E-state index contributed by atoms with van der Waals surface area (Å²) < 4.78 is 6.70. The lowest BCUT2D eigenvalue weighted by Gasteiger charge is -2.27. The summed E-state index contributed by atoms with van der Waals surface area (Å²) in [7, 11) is 0. The number of nitrogens with zero attached hydrogens (tertiary/aromatic N) is 1. The van der Waals surface area contributed by atoms with Gasteiger partial charge in [-0.15, -0.1) is 0 Å². The molecule has 0 fully saturated rings. The summed E-state index contributed by atoms with van der Waals surface area (Å²) in [5.74, 6) is 0. The Hall–Kier alpha value is -7.42. The number of rotatable bonds is 6. The summed E-state index contributed by atoms with van der Waals surface area (Å²) in [6.07, 6.45) is 0. The van der Waals surface area contributed by atoms with Crippen molar-refractivity contribution in [2.24, 2.45) is 0 Å². The first-order chi connectivity index (χ1) is 27.8. The number of benzene rings is 10. The summed E-state index contributed by atoms with van der Waals surface area (Å²) in [5, 5.41) is 9.49. The fourth-order valence-corrected chi connectivity index (χ4v) is 8.73. The first-order valence-electron chi connectivity index (χ1n) is 19.2. The van der Waals surface area contributed by atoms with Crippen molar-refractivity contribution >= 4 is 71.3 Å². The lowest BCUT2D eigenvalue weighted by molar-refractivity contribution is 0.672. The van der Waals surface area contributed by atoms with E-state index >= 15 is 0 Å². The smallest absolute Gasteiger partial charge is 0.143 e. The first-order valence-corrected chi connectivity index (χ1v) is 19.2. The minimum Gasteiger partial charge on any atom is -0.455 e. The van der Waals surface area contributed by atoms with E-state index < -0.39 is 0 Å². The van der Waals surface area contributed by atoms with Gasteiger partial charge in [0.15, 0.2) is 0 Å². The van der Waals surface area contributed by atoms with Crippen molar-refractivity contribution in [2.45, 2.75) is 0 Å². The molecule has 0 aliphatic carbocycles. The zero-order valence-electron chi connectivity index (χ0n) is 30.6. The zero-order chi connectivity index (χ0) is 37.0. The topological polar surface area (TPSA) is 16.4 Å². The predicted molar refractivity (Wildman–Crippen MR) is 237 cm³/mol.